The SMILES string of the molecule is COc1cccc(N2CCN(C(=O)c3nn(C4CC4)c(=O)c4ccccc34)CC2)c1. The van der Waals surface area contributed by atoms with Gasteiger partial charge >= 0.3 is 0 Å². The molecule has 2 heterocycles. The molecule has 5 rings (SSSR count). The lowest BCUT2D eigenvalue weighted by Crippen LogP contribution is -2.49. The summed E-state index contributed by atoms with van der Waals surface area (Å²) in [6.07, 6.45) is 1.89. The zero-order chi connectivity index (χ0) is 20.7. The fourth-order valence-electron chi connectivity index (χ4n) is 4.06. The van der Waals surface area contributed by atoms with Gasteiger partial charge in [-0.05, 0) is 31.0 Å². The molecule has 3 aromatic rings. The van der Waals surface area contributed by atoms with Gasteiger partial charge in [0.05, 0.1) is 18.5 Å². The molecule has 1 amide bonds. The van der Waals surface area contributed by atoms with Gasteiger partial charge in [-0.1, -0.05) is 24.3 Å². The van der Waals surface area contributed by atoms with Crippen LogP contribution < -0.4 is 15.2 Å². The van der Waals surface area contributed by atoms with Gasteiger partial charge in [-0.15, -0.1) is 0 Å². The summed E-state index contributed by atoms with van der Waals surface area (Å²) in [5, 5.41) is 5.73. The van der Waals surface area contributed by atoms with Crippen LogP contribution in [0.15, 0.2) is 53.3 Å². The fraction of sp³-hybridized carbons (Fsp3) is 0.348. The van der Waals surface area contributed by atoms with Gasteiger partial charge in [0.25, 0.3) is 11.5 Å². The van der Waals surface area contributed by atoms with Gasteiger partial charge in [-0.2, -0.15) is 5.10 Å². The molecule has 1 saturated carbocycles. The van der Waals surface area contributed by atoms with E-state index in [1.807, 2.05) is 41.3 Å². The molecule has 0 spiro atoms. The van der Waals surface area contributed by atoms with E-state index >= 15 is 0 Å². The number of nitrogens with zero attached hydrogens (tertiary/aromatic N) is 4. The first kappa shape index (κ1) is 18.7. The van der Waals surface area contributed by atoms with Crippen LogP contribution in [0.5, 0.6) is 5.75 Å². The van der Waals surface area contributed by atoms with Crippen LogP contribution in [-0.2, 0) is 0 Å². The molecule has 154 valence electrons. The quantitative estimate of drug-likeness (QED) is 0.669. The number of methoxy groups -OCH3 is 1. The van der Waals surface area contributed by atoms with Crippen molar-refractivity contribution in [3.63, 3.8) is 0 Å². The number of carbonyl (C=O) groups excluding carboxylic acids is 1. The van der Waals surface area contributed by atoms with Crippen LogP contribution in [0.2, 0.25) is 0 Å². The minimum atomic E-state index is -0.106. The zero-order valence-electron chi connectivity index (χ0n) is 17.0. The van der Waals surface area contributed by atoms with Crippen molar-refractivity contribution in [2.24, 2.45) is 0 Å². The van der Waals surface area contributed by atoms with E-state index in [1.165, 1.54) is 4.68 Å². The van der Waals surface area contributed by atoms with Gasteiger partial charge in [0, 0.05) is 43.3 Å². The van der Waals surface area contributed by atoms with E-state index in [1.54, 1.807) is 13.2 Å². The molecule has 0 atom stereocenters. The Morgan fingerprint density at radius 1 is 1.00 bits per heavy atom. The van der Waals surface area contributed by atoms with Crippen molar-refractivity contribution in [2.75, 3.05) is 38.2 Å². The topological polar surface area (TPSA) is 67.7 Å². The van der Waals surface area contributed by atoms with E-state index < -0.39 is 0 Å². The monoisotopic (exact) mass is 404 g/mol. The molecule has 7 nitrogen and oxygen atoms in total. The normalized spacial score (nSPS) is 16.7. The lowest BCUT2D eigenvalue weighted by Gasteiger charge is -2.36. The van der Waals surface area contributed by atoms with Crippen molar-refractivity contribution in [1.82, 2.24) is 14.7 Å². The smallest absolute Gasteiger partial charge is 0.275 e. The predicted molar refractivity (Wildman–Crippen MR) is 115 cm³/mol. The number of ether oxygens (including phenoxy) is 1. The standard InChI is InChI=1S/C23H24N4O3/c1-30-18-6-4-5-17(15-18)25-11-13-26(14-12-25)23(29)21-19-7-2-3-8-20(19)22(28)27(24-21)16-9-10-16/h2-8,15-16H,9-14H2,1H3. The number of piperazine rings is 1. The predicted octanol–water partition coefficient (Wildman–Crippen LogP) is 2.70. The van der Waals surface area contributed by atoms with Crippen molar-refractivity contribution in [3.8, 4) is 5.75 Å². The number of benzene rings is 2. The summed E-state index contributed by atoms with van der Waals surface area (Å²) in [6, 6.07) is 15.4. The van der Waals surface area contributed by atoms with Crippen LogP contribution in [0.1, 0.15) is 29.4 Å². The van der Waals surface area contributed by atoms with Crippen LogP contribution in [0.4, 0.5) is 5.69 Å². The lowest BCUT2D eigenvalue weighted by molar-refractivity contribution is 0.0740. The molecule has 0 unspecified atom stereocenters. The fourth-order valence-corrected chi connectivity index (χ4v) is 4.06. The molecular formula is C23H24N4O3. The molecule has 0 bridgehead atoms. The number of anilines is 1. The highest BCUT2D eigenvalue weighted by molar-refractivity contribution is 6.04. The summed E-state index contributed by atoms with van der Waals surface area (Å²) >= 11 is 0. The highest BCUT2D eigenvalue weighted by Gasteiger charge is 2.30. The average molecular weight is 404 g/mol. The third-order valence-corrected chi connectivity index (χ3v) is 5.91. The molecule has 0 radical (unpaired) electrons. The van der Waals surface area contributed by atoms with Gasteiger partial charge in [-0.25, -0.2) is 4.68 Å². The van der Waals surface area contributed by atoms with Crippen molar-refractivity contribution in [2.45, 2.75) is 18.9 Å². The Hall–Kier alpha value is -3.35. The van der Waals surface area contributed by atoms with E-state index in [4.69, 9.17) is 4.74 Å². The van der Waals surface area contributed by atoms with Crippen LogP contribution in [0.25, 0.3) is 10.8 Å². The first-order valence-electron chi connectivity index (χ1n) is 10.4. The number of hydrogen-bond acceptors (Lipinski definition) is 5. The summed E-state index contributed by atoms with van der Waals surface area (Å²) in [5.74, 6) is 0.718. The van der Waals surface area contributed by atoms with E-state index in [-0.39, 0.29) is 17.5 Å². The minimum absolute atomic E-state index is 0.104. The number of carbonyl (C=O) groups is 1. The number of rotatable bonds is 4. The Kier molecular flexibility index (Phi) is 4.65. The van der Waals surface area contributed by atoms with E-state index in [0.29, 0.717) is 29.6 Å². The Morgan fingerprint density at radius 2 is 1.73 bits per heavy atom. The summed E-state index contributed by atoms with van der Waals surface area (Å²) < 4.78 is 6.84. The van der Waals surface area contributed by atoms with Gasteiger partial charge in [0.1, 0.15) is 5.75 Å². The molecule has 1 aromatic heterocycles. The molecule has 30 heavy (non-hydrogen) atoms. The van der Waals surface area contributed by atoms with Crippen molar-refractivity contribution in [1.29, 1.82) is 0 Å². The van der Waals surface area contributed by atoms with Gasteiger partial charge in [-0.3, -0.25) is 9.59 Å². The highest BCUT2D eigenvalue weighted by Crippen LogP contribution is 2.33. The van der Waals surface area contributed by atoms with Gasteiger partial charge in [0.2, 0.25) is 0 Å². The Labute approximate surface area is 174 Å². The number of fused-ring (bicyclic) bond motifs is 1. The molecule has 2 fully saturated rings. The first-order valence-corrected chi connectivity index (χ1v) is 10.4. The van der Waals surface area contributed by atoms with E-state index in [0.717, 1.165) is 37.4 Å². The van der Waals surface area contributed by atoms with Gasteiger partial charge in [0.15, 0.2) is 5.69 Å². The van der Waals surface area contributed by atoms with Gasteiger partial charge < -0.3 is 14.5 Å². The summed E-state index contributed by atoms with van der Waals surface area (Å²) in [5.41, 5.74) is 1.37. The molecule has 1 aliphatic heterocycles. The summed E-state index contributed by atoms with van der Waals surface area (Å²) in [7, 11) is 1.66. The maximum Gasteiger partial charge on any atom is 0.275 e. The third-order valence-electron chi connectivity index (χ3n) is 5.91. The maximum atomic E-state index is 13.4. The third kappa shape index (κ3) is 3.30. The van der Waals surface area contributed by atoms with Crippen molar-refractivity contribution >= 4 is 22.4 Å². The summed E-state index contributed by atoms with van der Waals surface area (Å²) in [4.78, 5) is 30.2. The molecule has 2 aliphatic rings. The molecule has 0 N–H and O–H groups in total. The first-order chi connectivity index (χ1) is 14.7. The second-order valence-electron chi connectivity index (χ2n) is 7.86. The Bertz CT molecular complexity index is 1160. The number of hydrogen-bond donors (Lipinski definition) is 0. The largest absolute Gasteiger partial charge is 0.497 e. The Balaban J connectivity index is 1.40. The second kappa shape index (κ2) is 7.48. The van der Waals surface area contributed by atoms with Crippen LogP contribution in [-0.4, -0.2) is 53.9 Å². The average Bonchev–Trinajstić information content (AvgIpc) is 3.65. The number of aromatic nitrogens is 2. The van der Waals surface area contributed by atoms with Crippen LogP contribution in [0.3, 0.4) is 0 Å². The highest BCUT2D eigenvalue weighted by atomic mass is 16.5. The Morgan fingerprint density at radius 3 is 2.43 bits per heavy atom. The van der Waals surface area contributed by atoms with Crippen molar-refractivity contribution < 1.29 is 9.53 Å². The number of amides is 1. The van der Waals surface area contributed by atoms with E-state index in [2.05, 4.69) is 16.1 Å². The molecule has 1 saturated heterocycles. The maximum absolute atomic E-state index is 13.4. The molecule has 2 aromatic carbocycles. The molecular weight excluding hydrogens is 380 g/mol. The van der Waals surface area contributed by atoms with E-state index in [9.17, 15) is 9.59 Å². The molecule has 7 heteroatoms. The van der Waals surface area contributed by atoms with Crippen LogP contribution >= 0.6 is 0 Å². The minimum Gasteiger partial charge on any atom is -0.497 e. The van der Waals surface area contributed by atoms with Crippen LogP contribution in [0, 0.1) is 0 Å². The zero-order valence-corrected chi connectivity index (χ0v) is 17.0. The lowest BCUT2D eigenvalue weighted by atomic mass is 10.1. The summed E-state index contributed by atoms with van der Waals surface area (Å²) in [6.45, 7) is 2.68. The second-order valence-corrected chi connectivity index (χ2v) is 7.86. The molecule has 1 aliphatic carbocycles. The van der Waals surface area contributed by atoms with Crippen molar-refractivity contribution in [3.05, 3.63) is 64.6 Å².